The van der Waals surface area contributed by atoms with Gasteiger partial charge in [-0.25, -0.2) is 0 Å². The van der Waals surface area contributed by atoms with E-state index in [1.54, 1.807) is 7.11 Å². The minimum Gasteiger partial charge on any atom is -0.497 e. The number of aromatic nitrogens is 2. The molecule has 0 unspecified atom stereocenters. The topological polar surface area (TPSA) is 77.2 Å². The maximum Gasteiger partial charge on any atom is 0.236 e. The van der Waals surface area contributed by atoms with Crippen LogP contribution >= 0.6 is 11.8 Å². The molecule has 6 nitrogen and oxygen atoms in total. The van der Waals surface area contributed by atoms with E-state index < -0.39 is 0 Å². The number of hydrogen-bond acceptors (Lipinski definition) is 6. The standard InChI is InChI=1S/C20H21N3O3S/c1-13-4-5-14(2)17(10-13)21-18(24)11-27-12-19-22-20(23-26-19)15-6-8-16(25-3)9-7-15/h4-10H,11-12H2,1-3H3,(H,21,24). The first-order valence-corrected chi connectivity index (χ1v) is 9.62. The highest BCUT2D eigenvalue weighted by Gasteiger charge is 2.11. The van der Waals surface area contributed by atoms with Gasteiger partial charge in [0.05, 0.1) is 18.6 Å². The van der Waals surface area contributed by atoms with Crippen molar-refractivity contribution in [3.63, 3.8) is 0 Å². The number of hydrogen-bond donors (Lipinski definition) is 1. The van der Waals surface area contributed by atoms with Gasteiger partial charge in [-0.3, -0.25) is 4.79 Å². The van der Waals surface area contributed by atoms with E-state index in [0.29, 0.717) is 23.2 Å². The van der Waals surface area contributed by atoms with Gasteiger partial charge in [0.2, 0.25) is 17.6 Å². The minimum atomic E-state index is -0.0522. The fraction of sp³-hybridized carbons (Fsp3) is 0.250. The van der Waals surface area contributed by atoms with E-state index in [-0.39, 0.29) is 5.91 Å². The SMILES string of the molecule is COc1ccc(-c2noc(CSCC(=O)Nc3cc(C)ccc3C)n2)cc1. The third-order valence-electron chi connectivity index (χ3n) is 3.94. The summed E-state index contributed by atoms with van der Waals surface area (Å²) in [7, 11) is 1.62. The van der Waals surface area contributed by atoms with E-state index in [0.717, 1.165) is 28.1 Å². The van der Waals surface area contributed by atoms with Crippen LogP contribution in [0.5, 0.6) is 5.75 Å². The van der Waals surface area contributed by atoms with Crippen molar-refractivity contribution in [3.05, 3.63) is 59.5 Å². The summed E-state index contributed by atoms with van der Waals surface area (Å²) in [6.07, 6.45) is 0. The average Bonchev–Trinajstić information content (AvgIpc) is 3.14. The van der Waals surface area contributed by atoms with Crippen LogP contribution in [0.3, 0.4) is 0 Å². The largest absolute Gasteiger partial charge is 0.497 e. The Bertz CT molecular complexity index is 922. The number of methoxy groups -OCH3 is 1. The zero-order valence-corrected chi connectivity index (χ0v) is 16.3. The Morgan fingerprint density at radius 3 is 2.70 bits per heavy atom. The van der Waals surface area contributed by atoms with E-state index in [1.165, 1.54) is 11.8 Å². The van der Waals surface area contributed by atoms with Crippen molar-refractivity contribution < 1.29 is 14.1 Å². The van der Waals surface area contributed by atoms with Gasteiger partial charge in [0.1, 0.15) is 5.75 Å². The van der Waals surface area contributed by atoms with Gasteiger partial charge < -0.3 is 14.6 Å². The second-order valence-corrected chi connectivity index (χ2v) is 7.09. The molecule has 2 aromatic carbocycles. The zero-order chi connectivity index (χ0) is 19.2. The van der Waals surface area contributed by atoms with Crippen molar-refractivity contribution in [2.45, 2.75) is 19.6 Å². The summed E-state index contributed by atoms with van der Waals surface area (Å²) in [5, 5.41) is 6.93. The van der Waals surface area contributed by atoms with Crippen LogP contribution in [0, 0.1) is 13.8 Å². The van der Waals surface area contributed by atoms with Gasteiger partial charge in [0.15, 0.2) is 0 Å². The van der Waals surface area contributed by atoms with Crippen molar-refractivity contribution in [1.82, 2.24) is 10.1 Å². The molecule has 0 atom stereocenters. The second kappa shape index (κ2) is 8.73. The summed E-state index contributed by atoms with van der Waals surface area (Å²) in [5.74, 6) is 2.52. The summed E-state index contributed by atoms with van der Waals surface area (Å²) >= 11 is 1.43. The van der Waals surface area contributed by atoms with Gasteiger partial charge in [-0.2, -0.15) is 4.98 Å². The van der Waals surface area contributed by atoms with Crippen molar-refractivity contribution >= 4 is 23.4 Å². The Morgan fingerprint density at radius 1 is 1.19 bits per heavy atom. The summed E-state index contributed by atoms with van der Waals surface area (Å²) in [6, 6.07) is 13.4. The molecule has 0 aliphatic heterocycles. The molecule has 3 rings (SSSR count). The number of amides is 1. The highest BCUT2D eigenvalue weighted by atomic mass is 32.2. The molecule has 0 saturated carbocycles. The van der Waals surface area contributed by atoms with Gasteiger partial charge in [0, 0.05) is 11.3 Å². The van der Waals surface area contributed by atoms with Crippen LogP contribution in [0.25, 0.3) is 11.4 Å². The van der Waals surface area contributed by atoms with Crippen LogP contribution in [0.15, 0.2) is 47.0 Å². The molecular weight excluding hydrogens is 362 g/mol. The van der Waals surface area contributed by atoms with Crippen LogP contribution in [-0.2, 0) is 10.5 Å². The third kappa shape index (κ3) is 5.10. The van der Waals surface area contributed by atoms with E-state index in [9.17, 15) is 4.79 Å². The molecule has 0 aliphatic rings. The van der Waals surface area contributed by atoms with Crippen molar-refractivity contribution in [2.24, 2.45) is 0 Å². The molecule has 0 fully saturated rings. The van der Waals surface area contributed by atoms with Gasteiger partial charge in [-0.05, 0) is 55.3 Å². The summed E-state index contributed by atoms with van der Waals surface area (Å²) in [6.45, 7) is 3.97. The number of thioether (sulfide) groups is 1. The minimum absolute atomic E-state index is 0.0522. The first-order valence-electron chi connectivity index (χ1n) is 8.47. The molecule has 7 heteroatoms. The quantitative estimate of drug-likeness (QED) is 0.658. The molecule has 0 radical (unpaired) electrons. The molecule has 0 saturated heterocycles. The first kappa shape index (κ1) is 19.0. The normalized spacial score (nSPS) is 10.6. The lowest BCUT2D eigenvalue weighted by Gasteiger charge is -2.08. The van der Waals surface area contributed by atoms with Gasteiger partial charge in [-0.15, -0.1) is 11.8 Å². The number of rotatable bonds is 7. The fourth-order valence-electron chi connectivity index (χ4n) is 2.46. The lowest BCUT2D eigenvalue weighted by Crippen LogP contribution is -2.15. The zero-order valence-electron chi connectivity index (χ0n) is 15.5. The molecule has 0 bridgehead atoms. The summed E-state index contributed by atoms with van der Waals surface area (Å²) in [5.41, 5.74) is 3.85. The van der Waals surface area contributed by atoms with E-state index in [2.05, 4.69) is 15.5 Å². The molecule has 0 spiro atoms. The monoisotopic (exact) mass is 383 g/mol. The Labute approximate surface area is 162 Å². The van der Waals surface area contributed by atoms with E-state index in [1.807, 2.05) is 56.3 Å². The van der Waals surface area contributed by atoms with Crippen LogP contribution in [0.1, 0.15) is 17.0 Å². The average molecular weight is 383 g/mol. The summed E-state index contributed by atoms with van der Waals surface area (Å²) < 4.78 is 10.4. The number of nitrogens with zero attached hydrogens (tertiary/aromatic N) is 2. The van der Waals surface area contributed by atoms with Gasteiger partial charge in [0.25, 0.3) is 0 Å². The highest BCUT2D eigenvalue weighted by Crippen LogP contribution is 2.21. The predicted molar refractivity (Wildman–Crippen MR) is 107 cm³/mol. The molecule has 3 aromatic rings. The maximum absolute atomic E-state index is 12.1. The third-order valence-corrected chi connectivity index (χ3v) is 4.86. The van der Waals surface area contributed by atoms with Crippen molar-refractivity contribution in [1.29, 1.82) is 0 Å². The first-order chi connectivity index (χ1) is 13.0. The second-order valence-electron chi connectivity index (χ2n) is 6.10. The van der Waals surface area contributed by atoms with Crippen molar-refractivity contribution in [3.8, 4) is 17.1 Å². The predicted octanol–water partition coefficient (Wildman–Crippen LogP) is 4.23. The van der Waals surface area contributed by atoms with Gasteiger partial charge in [-0.1, -0.05) is 17.3 Å². The van der Waals surface area contributed by atoms with E-state index in [4.69, 9.17) is 9.26 Å². The molecule has 1 N–H and O–H groups in total. The van der Waals surface area contributed by atoms with E-state index >= 15 is 0 Å². The summed E-state index contributed by atoms with van der Waals surface area (Å²) in [4.78, 5) is 16.5. The Balaban J connectivity index is 1.51. The van der Waals surface area contributed by atoms with Crippen LogP contribution < -0.4 is 10.1 Å². The van der Waals surface area contributed by atoms with Crippen LogP contribution in [0.4, 0.5) is 5.69 Å². The molecule has 1 amide bonds. The fourth-order valence-corrected chi connectivity index (χ4v) is 3.11. The Kier molecular flexibility index (Phi) is 6.13. The molecule has 27 heavy (non-hydrogen) atoms. The molecule has 0 aliphatic carbocycles. The molecule has 1 aromatic heterocycles. The number of carbonyl (C=O) groups excluding carboxylic acids is 1. The molecule has 140 valence electrons. The van der Waals surface area contributed by atoms with Crippen molar-refractivity contribution in [2.75, 3.05) is 18.2 Å². The smallest absolute Gasteiger partial charge is 0.236 e. The number of ether oxygens (including phenoxy) is 1. The van der Waals surface area contributed by atoms with Gasteiger partial charge >= 0.3 is 0 Å². The molecular formula is C20H21N3O3S. The maximum atomic E-state index is 12.1. The van der Waals surface area contributed by atoms with Crippen LogP contribution in [0.2, 0.25) is 0 Å². The highest BCUT2D eigenvalue weighted by molar-refractivity contribution is 7.99. The number of benzene rings is 2. The Morgan fingerprint density at radius 2 is 1.96 bits per heavy atom. The molecule has 1 heterocycles. The Hall–Kier alpha value is -2.80. The number of nitrogens with one attached hydrogen (secondary N) is 1. The lowest BCUT2D eigenvalue weighted by atomic mass is 10.1. The number of carbonyl (C=O) groups is 1. The lowest BCUT2D eigenvalue weighted by molar-refractivity contribution is -0.113. The number of aryl methyl sites for hydroxylation is 2. The number of anilines is 1. The van der Waals surface area contributed by atoms with Crippen LogP contribution in [-0.4, -0.2) is 28.9 Å².